The number of carbonyl (C=O) groups is 1. The van der Waals surface area contributed by atoms with Gasteiger partial charge >= 0.3 is 6.03 Å². The molecule has 28 heavy (non-hydrogen) atoms. The van der Waals surface area contributed by atoms with Crippen LogP contribution in [0.3, 0.4) is 0 Å². The number of benzene rings is 1. The highest BCUT2D eigenvalue weighted by Gasteiger charge is 2.25. The van der Waals surface area contributed by atoms with Crippen LogP contribution < -0.4 is 20.3 Å². The van der Waals surface area contributed by atoms with Gasteiger partial charge in [-0.1, -0.05) is 26.0 Å². The highest BCUT2D eigenvalue weighted by Crippen LogP contribution is 2.25. The highest BCUT2D eigenvalue weighted by atomic mass is 16.5. The minimum atomic E-state index is -0.194. The molecule has 0 saturated carbocycles. The number of urea groups is 1. The summed E-state index contributed by atoms with van der Waals surface area (Å²) in [4.78, 5) is 14.8. The van der Waals surface area contributed by atoms with Crippen LogP contribution >= 0.6 is 0 Å². The normalized spacial score (nSPS) is 17.3. The smallest absolute Gasteiger partial charge is 0.315 e. The van der Waals surface area contributed by atoms with E-state index in [4.69, 9.17) is 4.74 Å². The summed E-state index contributed by atoms with van der Waals surface area (Å²) in [6.07, 6.45) is 5.93. The molecule has 152 valence electrons. The van der Waals surface area contributed by atoms with Gasteiger partial charge < -0.3 is 20.3 Å². The molecule has 1 aromatic heterocycles. The van der Waals surface area contributed by atoms with E-state index in [-0.39, 0.29) is 17.5 Å². The molecule has 1 unspecified atom stereocenters. The predicted molar refractivity (Wildman–Crippen MR) is 111 cm³/mol. The number of anilines is 1. The first-order valence-corrected chi connectivity index (χ1v) is 9.80. The first-order valence-electron chi connectivity index (χ1n) is 9.80. The first-order chi connectivity index (χ1) is 13.4. The monoisotopic (exact) mass is 385 g/mol. The van der Waals surface area contributed by atoms with Crippen LogP contribution in [-0.4, -0.2) is 48.6 Å². The van der Waals surface area contributed by atoms with Gasteiger partial charge in [-0.2, -0.15) is 5.10 Å². The van der Waals surface area contributed by atoms with E-state index in [9.17, 15) is 4.79 Å². The van der Waals surface area contributed by atoms with Crippen LogP contribution in [0.25, 0.3) is 0 Å². The molecule has 1 aliphatic rings. The topological polar surface area (TPSA) is 71.4 Å². The number of aryl methyl sites for hydroxylation is 1. The second-order valence-corrected chi connectivity index (χ2v) is 8.10. The predicted octanol–water partition coefficient (Wildman–Crippen LogP) is 2.67. The first kappa shape index (κ1) is 20.0. The molecule has 3 rings (SSSR count). The van der Waals surface area contributed by atoms with Crippen LogP contribution in [-0.2, 0) is 12.5 Å². The van der Waals surface area contributed by atoms with Gasteiger partial charge in [0, 0.05) is 44.3 Å². The lowest BCUT2D eigenvalue weighted by Crippen LogP contribution is -2.52. The van der Waals surface area contributed by atoms with Gasteiger partial charge in [-0.3, -0.25) is 4.68 Å². The van der Waals surface area contributed by atoms with Crippen molar-refractivity contribution in [2.45, 2.75) is 38.1 Å². The molecular formula is C21H31N5O2. The lowest BCUT2D eigenvalue weighted by Gasteiger charge is -2.34. The molecule has 7 heteroatoms. The number of aromatic nitrogens is 2. The van der Waals surface area contributed by atoms with Gasteiger partial charge in [0.2, 0.25) is 0 Å². The largest absolute Gasteiger partial charge is 0.497 e. The molecule has 0 spiro atoms. The summed E-state index contributed by atoms with van der Waals surface area (Å²) < 4.78 is 7.12. The van der Waals surface area contributed by atoms with Crippen LogP contribution in [0.1, 0.15) is 32.3 Å². The molecule has 7 nitrogen and oxygen atoms in total. The maximum atomic E-state index is 12.5. The number of piperidine rings is 1. The molecule has 0 bridgehead atoms. The second-order valence-electron chi connectivity index (χ2n) is 8.10. The summed E-state index contributed by atoms with van der Waals surface area (Å²) in [6.45, 7) is 6.58. The molecule has 2 amide bonds. The van der Waals surface area contributed by atoms with Crippen LogP contribution in [0, 0.1) is 0 Å². The van der Waals surface area contributed by atoms with E-state index < -0.39 is 0 Å². The van der Waals surface area contributed by atoms with E-state index in [0.29, 0.717) is 6.54 Å². The Bertz CT molecular complexity index is 802. The van der Waals surface area contributed by atoms with Crippen molar-refractivity contribution in [3.8, 4) is 5.75 Å². The van der Waals surface area contributed by atoms with Crippen LogP contribution in [0.2, 0.25) is 0 Å². The van der Waals surface area contributed by atoms with Crippen LogP contribution in [0.4, 0.5) is 10.5 Å². The molecule has 0 aliphatic carbocycles. The minimum Gasteiger partial charge on any atom is -0.497 e. The zero-order chi connectivity index (χ0) is 20.1. The summed E-state index contributed by atoms with van der Waals surface area (Å²) in [7, 11) is 3.58. The maximum Gasteiger partial charge on any atom is 0.315 e. The quantitative estimate of drug-likeness (QED) is 0.802. The van der Waals surface area contributed by atoms with E-state index in [2.05, 4.69) is 40.5 Å². The molecule has 1 aliphatic heterocycles. The van der Waals surface area contributed by atoms with Crippen molar-refractivity contribution >= 4 is 11.7 Å². The lowest BCUT2D eigenvalue weighted by atomic mass is 9.84. The van der Waals surface area contributed by atoms with Crippen molar-refractivity contribution < 1.29 is 9.53 Å². The Hall–Kier alpha value is -2.70. The summed E-state index contributed by atoms with van der Waals surface area (Å²) in [5.74, 6) is 0.827. The second kappa shape index (κ2) is 8.54. The standard InChI is InChI=1S/C21H31N5O2/c1-21(2,16-7-5-9-19(11-16)28-4)15-22-20(27)24-17-8-6-10-26(13-17)18-12-23-25(3)14-18/h5,7,9,11-12,14,17H,6,8,10,13,15H2,1-4H3,(H2,22,24,27). The fourth-order valence-electron chi connectivity index (χ4n) is 3.58. The Kier molecular flexibility index (Phi) is 6.11. The Labute approximate surface area is 167 Å². The van der Waals surface area contributed by atoms with E-state index in [0.717, 1.165) is 42.9 Å². The number of ether oxygens (including phenoxy) is 1. The molecule has 2 N–H and O–H groups in total. The van der Waals surface area contributed by atoms with E-state index in [1.165, 1.54) is 0 Å². The summed E-state index contributed by atoms with van der Waals surface area (Å²) in [6, 6.07) is 8.01. The number of nitrogens with zero attached hydrogens (tertiary/aromatic N) is 3. The van der Waals surface area contributed by atoms with Crippen molar-refractivity contribution in [2.75, 3.05) is 31.6 Å². The van der Waals surface area contributed by atoms with Gasteiger partial charge in [0.25, 0.3) is 0 Å². The molecule has 2 heterocycles. The Morgan fingerprint density at radius 1 is 1.39 bits per heavy atom. The van der Waals surface area contributed by atoms with Crippen LogP contribution in [0.5, 0.6) is 5.75 Å². The molecule has 1 aromatic carbocycles. The Morgan fingerprint density at radius 3 is 2.93 bits per heavy atom. The third-order valence-corrected chi connectivity index (χ3v) is 5.36. The maximum absolute atomic E-state index is 12.5. The van der Waals surface area contributed by atoms with Gasteiger partial charge in [-0.15, -0.1) is 0 Å². The van der Waals surface area contributed by atoms with Crippen molar-refractivity contribution in [3.63, 3.8) is 0 Å². The molecule has 2 aromatic rings. The minimum absolute atomic E-state index is 0.117. The van der Waals surface area contributed by atoms with E-state index >= 15 is 0 Å². The molecule has 1 saturated heterocycles. The summed E-state index contributed by atoms with van der Waals surface area (Å²) in [5.41, 5.74) is 2.04. The number of rotatable bonds is 6. The fourth-order valence-corrected chi connectivity index (χ4v) is 3.58. The van der Waals surface area contributed by atoms with Gasteiger partial charge in [0.15, 0.2) is 0 Å². The third kappa shape index (κ3) is 4.97. The van der Waals surface area contributed by atoms with Gasteiger partial charge in [0.05, 0.1) is 19.0 Å². The Balaban J connectivity index is 1.52. The zero-order valence-electron chi connectivity index (χ0n) is 17.2. The van der Waals surface area contributed by atoms with Gasteiger partial charge in [-0.25, -0.2) is 4.79 Å². The van der Waals surface area contributed by atoms with Crippen LogP contribution in [0.15, 0.2) is 36.7 Å². The molecule has 0 radical (unpaired) electrons. The van der Waals surface area contributed by atoms with Gasteiger partial charge in [-0.05, 0) is 30.5 Å². The summed E-state index contributed by atoms with van der Waals surface area (Å²) in [5, 5.41) is 10.4. The Morgan fingerprint density at radius 2 is 2.21 bits per heavy atom. The lowest BCUT2D eigenvalue weighted by molar-refractivity contribution is 0.232. The number of hydrogen-bond donors (Lipinski definition) is 2. The van der Waals surface area contributed by atoms with E-state index in [1.54, 1.807) is 11.8 Å². The average molecular weight is 386 g/mol. The van der Waals surface area contributed by atoms with Crippen molar-refractivity contribution in [1.29, 1.82) is 0 Å². The summed E-state index contributed by atoms with van der Waals surface area (Å²) >= 11 is 0. The molecule has 1 fully saturated rings. The number of amides is 2. The van der Waals surface area contributed by atoms with Crippen molar-refractivity contribution in [1.82, 2.24) is 20.4 Å². The average Bonchev–Trinajstić information content (AvgIpc) is 3.13. The zero-order valence-corrected chi connectivity index (χ0v) is 17.2. The fraction of sp³-hybridized carbons (Fsp3) is 0.524. The van der Waals surface area contributed by atoms with E-state index in [1.807, 2.05) is 37.6 Å². The van der Waals surface area contributed by atoms with Crippen molar-refractivity contribution in [3.05, 3.63) is 42.2 Å². The van der Waals surface area contributed by atoms with Gasteiger partial charge in [0.1, 0.15) is 5.75 Å². The molecular weight excluding hydrogens is 354 g/mol. The highest BCUT2D eigenvalue weighted by molar-refractivity contribution is 5.74. The SMILES string of the molecule is COc1cccc(C(C)(C)CNC(=O)NC2CCCN(c3cnn(C)c3)C2)c1. The number of methoxy groups -OCH3 is 1. The van der Waals surface area contributed by atoms with Crippen molar-refractivity contribution in [2.24, 2.45) is 7.05 Å². The number of carbonyl (C=O) groups excluding carboxylic acids is 1. The third-order valence-electron chi connectivity index (χ3n) is 5.36. The number of hydrogen-bond acceptors (Lipinski definition) is 4. The molecule has 1 atom stereocenters. The number of nitrogens with one attached hydrogen (secondary N) is 2.